The van der Waals surface area contributed by atoms with Crippen LogP contribution in [0.2, 0.25) is 0 Å². The van der Waals surface area contributed by atoms with Crippen LogP contribution in [0.1, 0.15) is 22.4 Å². The summed E-state index contributed by atoms with van der Waals surface area (Å²) in [5.41, 5.74) is 8.48. The van der Waals surface area contributed by atoms with E-state index in [0.717, 1.165) is 27.6 Å². The Morgan fingerprint density at radius 1 is 0.676 bits per heavy atom. The average Bonchev–Trinajstić information content (AvgIpc) is 2.95. The van der Waals surface area contributed by atoms with Crippen LogP contribution in [0.4, 0.5) is 0 Å². The molecule has 1 aromatic heterocycles. The number of nitrogens with one attached hydrogen (secondary N) is 1. The van der Waals surface area contributed by atoms with Crippen LogP contribution in [0.3, 0.4) is 0 Å². The molecule has 4 aromatic carbocycles. The maximum atomic E-state index is 14.4. The molecule has 0 unspecified atom stereocenters. The smallest absolute Gasteiger partial charge is 0.240 e. The molecule has 5 nitrogen and oxygen atoms in total. The normalized spacial score (nSPS) is 12.1. The third kappa shape index (κ3) is 4.71. The zero-order chi connectivity index (χ0) is 25.7. The quantitative estimate of drug-likeness (QED) is 0.310. The third-order valence-corrected chi connectivity index (χ3v) is 6.68. The number of aromatic nitrogens is 1. The van der Waals surface area contributed by atoms with E-state index in [4.69, 9.17) is 5.73 Å². The number of hydrogen-bond donors (Lipinski definition) is 2. The molecule has 0 fully saturated rings. The van der Waals surface area contributed by atoms with Gasteiger partial charge in [-0.1, -0.05) is 115 Å². The summed E-state index contributed by atoms with van der Waals surface area (Å²) in [5.74, 6) is -0.952. The fourth-order valence-electron chi connectivity index (χ4n) is 4.88. The summed E-state index contributed by atoms with van der Waals surface area (Å²) in [7, 11) is 0. The summed E-state index contributed by atoms with van der Waals surface area (Å²) < 4.78 is 0. The second-order valence-electron chi connectivity index (χ2n) is 8.98. The van der Waals surface area contributed by atoms with E-state index in [2.05, 4.69) is 10.3 Å². The molecular formula is C32H27N3O2. The van der Waals surface area contributed by atoms with E-state index >= 15 is 0 Å². The van der Waals surface area contributed by atoms with Gasteiger partial charge in [0.1, 0.15) is 11.5 Å². The minimum absolute atomic E-state index is 0.181. The third-order valence-electron chi connectivity index (χ3n) is 6.68. The summed E-state index contributed by atoms with van der Waals surface area (Å²) in [6, 6.07) is 39.5. The minimum Gasteiger partial charge on any atom is -0.368 e. The van der Waals surface area contributed by atoms with E-state index in [9.17, 15) is 9.59 Å². The van der Waals surface area contributed by atoms with Crippen molar-refractivity contribution in [3.05, 3.63) is 150 Å². The second-order valence-corrected chi connectivity index (χ2v) is 8.98. The number of para-hydroxylation sites is 1. The molecule has 5 heteroatoms. The van der Waals surface area contributed by atoms with E-state index in [1.54, 1.807) is 0 Å². The van der Waals surface area contributed by atoms with Crippen LogP contribution in [-0.4, -0.2) is 22.8 Å². The number of fused-ring (bicyclic) bond motifs is 1. The Morgan fingerprint density at radius 3 is 1.68 bits per heavy atom. The average molecular weight is 486 g/mol. The maximum Gasteiger partial charge on any atom is 0.240 e. The zero-order valence-electron chi connectivity index (χ0n) is 20.2. The highest BCUT2D eigenvalue weighted by Crippen LogP contribution is 2.39. The predicted octanol–water partition coefficient (Wildman–Crippen LogP) is 4.78. The molecule has 0 saturated heterocycles. The molecule has 2 amide bonds. The first-order valence-corrected chi connectivity index (χ1v) is 12.2. The summed E-state index contributed by atoms with van der Waals surface area (Å²) in [4.78, 5) is 31.7. The molecule has 0 saturated carbocycles. The molecule has 3 N–H and O–H groups in total. The van der Waals surface area contributed by atoms with E-state index in [1.165, 1.54) is 0 Å². The topological polar surface area (TPSA) is 85.1 Å². The Hall–Kier alpha value is -4.77. The summed E-state index contributed by atoms with van der Waals surface area (Å²) in [5, 5.41) is 4.00. The Morgan fingerprint density at radius 2 is 1.16 bits per heavy atom. The molecule has 0 aliphatic rings. The lowest BCUT2D eigenvalue weighted by Gasteiger charge is -2.35. The molecule has 1 heterocycles. The molecule has 182 valence electrons. The van der Waals surface area contributed by atoms with Crippen molar-refractivity contribution in [1.82, 2.24) is 10.3 Å². The van der Waals surface area contributed by atoms with Gasteiger partial charge in [-0.25, -0.2) is 0 Å². The van der Waals surface area contributed by atoms with Crippen LogP contribution in [0, 0.1) is 0 Å². The Balaban J connectivity index is 1.59. The molecule has 0 aliphatic heterocycles. The first-order valence-electron chi connectivity index (χ1n) is 12.2. The highest BCUT2D eigenvalue weighted by Gasteiger charge is 2.44. The Labute approximate surface area is 216 Å². The number of carbonyl (C=O) groups excluding carboxylic acids is 2. The van der Waals surface area contributed by atoms with Crippen LogP contribution in [0.5, 0.6) is 0 Å². The number of carbonyl (C=O) groups is 2. The largest absolute Gasteiger partial charge is 0.368 e. The highest BCUT2D eigenvalue weighted by atomic mass is 16.2. The Bertz CT molecular complexity index is 1420. The number of nitrogens with two attached hydrogens (primary N) is 1. The molecule has 0 aliphatic carbocycles. The fraction of sp³-hybridized carbons (Fsp3) is 0.0938. The Kier molecular flexibility index (Phi) is 6.77. The van der Waals surface area contributed by atoms with Crippen molar-refractivity contribution in [3.63, 3.8) is 0 Å². The van der Waals surface area contributed by atoms with E-state index in [-0.39, 0.29) is 12.3 Å². The van der Waals surface area contributed by atoms with Crippen molar-refractivity contribution >= 4 is 22.7 Å². The second kappa shape index (κ2) is 10.5. The summed E-state index contributed by atoms with van der Waals surface area (Å²) in [6.07, 6.45) is 0.181. The van der Waals surface area contributed by atoms with Crippen LogP contribution < -0.4 is 11.1 Å². The lowest BCUT2D eigenvalue weighted by Crippen LogP contribution is -2.54. The van der Waals surface area contributed by atoms with Gasteiger partial charge >= 0.3 is 0 Å². The van der Waals surface area contributed by atoms with Gasteiger partial charge < -0.3 is 11.1 Å². The lowest BCUT2D eigenvalue weighted by molar-refractivity contribution is -0.129. The fourth-order valence-corrected chi connectivity index (χ4v) is 4.88. The van der Waals surface area contributed by atoms with Gasteiger partial charge in [0.15, 0.2) is 0 Å². The first-order chi connectivity index (χ1) is 18.1. The number of nitrogens with zero attached hydrogens (tertiary/aromatic N) is 1. The van der Waals surface area contributed by atoms with Crippen LogP contribution in [-0.2, 0) is 21.4 Å². The van der Waals surface area contributed by atoms with Crippen molar-refractivity contribution in [3.8, 4) is 0 Å². The number of pyridine rings is 1. The SMILES string of the molecule is NC(=O)[C@H](Cc1ccc2ccccc2n1)NC(=O)C(c1ccccc1)(c1ccccc1)c1ccccc1. The van der Waals surface area contributed by atoms with Crippen molar-refractivity contribution < 1.29 is 9.59 Å². The predicted molar refractivity (Wildman–Crippen MR) is 146 cm³/mol. The van der Waals surface area contributed by atoms with Crippen LogP contribution in [0.15, 0.2) is 127 Å². The first kappa shape index (κ1) is 23.9. The van der Waals surface area contributed by atoms with Gasteiger partial charge in [-0.15, -0.1) is 0 Å². The van der Waals surface area contributed by atoms with Crippen LogP contribution in [0.25, 0.3) is 10.9 Å². The van der Waals surface area contributed by atoms with E-state index < -0.39 is 17.4 Å². The number of hydrogen-bond acceptors (Lipinski definition) is 3. The molecular weight excluding hydrogens is 458 g/mol. The monoisotopic (exact) mass is 485 g/mol. The van der Waals surface area contributed by atoms with Crippen molar-refractivity contribution in [2.45, 2.75) is 17.9 Å². The lowest BCUT2D eigenvalue weighted by atomic mass is 9.68. The van der Waals surface area contributed by atoms with E-state index in [1.807, 2.05) is 127 Å². The zero-order valence-corrected chi connectivity index (χ0v) is 20.2. The molecule has 5 aromatic rings. The summed E-state index contributed by atoms with van der Waals surface area (Å²) >= 11 is 0. The number of rotatable bonds is 8. The number of amides is 2. The van der Waals surface area contributed by atoms with Gasteiger partial charge in [0.2, 0.25) is 11.8 Å². The maximum absolute atomic E-state index is 14.4. The molecule has 0 bridgehead atoms. The van der Waals surface area contributed by atoms with Gasteiger partial charge in [-0.2, -0.15) is 0 Å². The number of benzene rings is 4. The van der Waals surface area contributed by atoms with Gasteiger partial charge in [-0.05, 0) is 28.8 Å². The van der Waals surface area contributed by atoms with Crippen molar-refractivity contribution in [1.29, 1.82) is 0 Å². The molecule has 0 spiro atoms. The van der Waals surface area contributed by atoms with Crippen molar-refractivity contribution in [2.24, 2.45) is 5.73 Å². The molecule has 37 heavy (non-hydrogen) atoms. The van der Waals surface area contributed by atoms with Gasteiger partial charge in [0.25, 0.3) is 0 Å². The number of primary amides is 1. The molecule has 1 atom stereocenters. The minimum atomic E-state index is -1.20. The van der Waals surface area contributed by atoms with Crippen molar-refractivity contribution in [2.75, 3.05) is 0 Å². The van der Waals surface area contributed by atoms with Crippen LogP contribution >= 0.6 is 0 Å². The highest BCUT2D eigenvalue weighted by molar-refractivity contribution is 5.98. The van der Waals surface area contributed by atoms with Gasteiger partial charge in [-0.3, -0.25) is 14.6 Å². The standard InChI is InChI=1S/C32H27N3O2/c33-30(36)29(22-27-21-20-23-12-10-11-19-28(23)34-27)35-31(37)32(24-13-4-1-5-14-24,25-15-6-2-7-16-25)26-17-8-3-9-18-26/h1-21,29H,22H2,(H2,33,36)(H,35,37)/t29-/m0/s1. The molecule has 0 radical (unpaired) electrons. The van der Waals surface area contributed by atoms with Gasteiger partial charge in [0.05, 0.1) is 5.52 Å². The van der Waals surface area contributed by atoms with E-state index in [0.29, 0.717) is 5.69 Å². The van der Waals surface area contributed by atoms with Gasteiger partial charge in [0, 0.05) is 17.5 Å². The summed E-state index contributed by atoms with van der Waals surface area (Å²) in [6.45, 7) is 0. The molecule has 5 rings (SSSR count).